The lowest BCUT2D eigenvalue weighted by Crippen LogP contribution is -2.39. The summed E-state index contributed by atoms with van der Waals surface area (Å²) in [4.78, 5) is 6.76. The monoisotopic (exact) mass is 277 g/mol. The molecule has 4 nitrogen and oxygen atoms in total. The Labute approximate surface area is 122 Å². The molecule has 0 amide bonds. The third-order valence-electron chi connectivity index (χ3n) is 2.91. The van der Waals surface area contributed by atoms with E-state index in [1.54, 1.807) is 0 Å². The summed E-state index contributed by atoms with van der Waals surface area (Å²) >= 11 is 0. The first kappa shape index (κ1) is 16.3. The van der Waals surface area contributed by atoms with Crippen molar-refractivity contribution in [3.05, 3.63) is 30.3 Å². The molecule has 0 fully saturated rings. The highest BCUT2D eigenvalue weighted by Crippen LogP contribution is 2.07. The Morgan fingerprint density at radius 1 is 1.25 bits per heavy atom. The SMILES string of the molecule is CCCCN(C)C(=NCCOc1ccccc1)NCC. The average molecular weight is 277 g/mol. The van der Waals surface area contributed by atoms with Gasteiger partial charge in [-0.25, -0.2) is 4.99 Å². The fourth-order valence-electron chi connectivity index (χ4n) is 1.80. The van der Waals surface area contributed by atoms with Crippen molar-refractivity contribution >= 4 is 5.96 Å². The molecule has 0 saturated carbocycles. The molecule has 1 aromatic rings. The van der Waals surface area contributed by atoms with E-state index in [0.717, 1.165) is 24.8 Å². The van der Waals surface area contributed by atoms with Gasteiger partial charge in [0.25, 0.3) is 0 Å². The van der Waals surface area contributed by atoms with Crippen molar-refractivity contribution in [2.45, 2.75) is 26.7 Å². The van der Waals surface area contributed by atoms with Crippen LogP contribution in [0.25, 0.3) is 0 Å². The lowest BCUT2D eigenvalue weighted by molar-refractivity contribution is 0.327. The van der Waals surface area contributed by atoms with E-state index in [9.17, 15) is 0 Å². The number of nitrogens with one attached hydrogen (secondary N) is 1. The van der Waals surface area contributed by atoms with Crippen LogP contribution in [0.4, 0.5) is 0 Å². The number of benzene rings is 1. The van der Waals surface area contributed by atoms with Crippen LogP contribution in [0.5, 0.6) is 5.75 Å². The zero-order valence-electron chi connectivity index (χ0n) is 12.9. The summed E-state index contributed by atoms with van der Waals surface area (Å²) in [6.07, 6.45) is 2.38. The van der Waals surface area contributed by atoms with Crippen LogP contribution < -0.4 is 10.1 Å². The lowest BCUT2D eigenvalue weighted by atomic mass is 10.3. The van der Waals surface area contributed by atoms with Crippen molar-refractivity contribution in [3.63, 3.8) is 0 Å². The number of hydrogen-bond donors (Lipinski definition) is 1. The topological polar surface area (TPSA) is 36.9 Å². The molecule has 0 aliphatic heterocycles. The van der Waals surface area contributed by atoms with Crippen molar-refractivity contribution in [2.75, 3.05) is 33.3 Å². The van der Waals surface area contributed by atoms with Crippen LogP contribution in [0.3, 0.4) is 0 Å². The van der Waals surface area contributed by atoms with Crippen LogP contribution >= 0.6 is 0 Å². The van der Waals surface area contributed by atoms with Crippen LogP contribution in [0.2, 0.25) is 0 Å². The quantitative estimate of drug-likeness (QED) is 0.451. The van der Waals surface area contributed by atoms with Crippen LogP contribution in [-0.2, 0) is 0 Å². The molecule has 112 valence electrons. The van der Waals surface area contributed by atoms with Gasteiger partial charge in [0.2, 0.25) is 0 Å². The van der Waals surface area contributed by atoms with Crippen LogP contribution in [0.1, 0.15) is 26.7 Å². The molecule has 0 aliphatic carbocycles. The molecule has 1 aromatic carbocycles. The van der Waals surface area contributed by atoms with Crippen molar-refractivity contribution in [3.8, 4) is 5.75 Å². The first-order chi connectivity index (χ1) is 9.77. The van der Waals surface area contributed by atoms with Crippen LogP contribution in [0, 0.1) is 0 Å². The van der Waals surface area contributed by atoms with Crippen molar-refractivity contribution in [1.82, 2.24) is 10.2 Å². The number of aliphatic imine (C=N–C) groups is 1. The highest BCUT2D eigenvalue weighted by molar-refractivity contribution is 5.79. The number of para-hydroxylation sites is 1. The van der Waals surface area contributed by atoms with E-state index in [-0.39, 0.29) is 0 Å². The second-order valence-corrected chi connectivity index (χ2v) is 4.67. The largest absolute Gasteiger partial charge is 0.492 e. The highest BCUT2D eigenvalue weighted by Gasteiger charge is 2.03. The first-order valence-corrected chi connectivity index (χ1v) is 7.45. The maximum Gasteiger partial charge on any atom is 0.193 e. The molecule has 0 spiro atoms. The molecular formula is C16H27N3O. The predicted molar refractivity (Wildman–Crippen MR) is 85.5 cm³/mol. The third kappa shape index (κ3) is 6.45. The van der Waals surface area contributed by atoms with Crippen molar-refractivity contribution in [1.29, 1.82) is 0 Å². The number of guanidine groups is 1. The minimum atomic E-state index is 0.598. The van der Waals surface area contributed by atoms with E-state index in [1.807, 2.05) is 30.3 Å². The van der Waals surface area contributed by atoms with Gasteiger partial charge in [0.05, 0.1) is 6.54 Å². The van der Waals surface area contributed by atoms with E-state index in [4.69, 9.17) is 4.74 Å². The Hall–Kier alpha value is -1.71. The summed E-state index contributed by atoms with van der Waals surface area (Å²) in [5.74, 6) is 1.85. The summed E-state index contributed by atoms with van der Waals surface area (Å²) in [5, 5.41) is 3.31. The van der Waals surface area contributed by atoms with Gasteiger partial charge in [-0.15, -0.1) is 0 Å². The van der Waals surface area contributed by atoms with Crippen molar-refractivity contribution < 1.29 is 4.74 Å². The normalized spacial score (nSPS) is 11.2. The zero-order chi connectivity index (χ0) is 14.6. The van der Waals surface area contributed by atoms with Crippen LogP contribution in [-0.4, -0.2) is 44.1 Å². The van der Waals surface area contributed by atoms with Gasteiger partial charge < -0.3 is 15.0 Å². The minimum Gasteiger partial charge on any atom is -0.492 e. The molecule has 4 heteroatoms. The zero-order valence-corrected chi connectivity index (χ0v) is 12.9. The Kier molecular flexibility index (Phi) is 8.27. The number of nitrogens with zero attached hydrogens (tertiary/aromatic N) is 2. The number of hydrogen-bond acceptors (Lipinski definition) is 2. The Morgan fingerprint density at radius 3 is 2.65 bits per heavy atom. The summed E-state index contributed by atoms with van der Waals surface area (Å²) in [7, 11) is 2.08. The average Bonchev–Trinajstić information content (AvgIpc) is 2.49. The lowest BCUT2D eigenvalue weighted by Gasteiger charge is -2.21. The van der Waals surface area contributed by atoms with Gasteiger partial charge >= 0.3 is 0 Å². The summed E-state index contributed by atoms with van der Waals surface area (Å²) < 4.78 is 5.64. The fraction of sp³-hybridized carbons (Fsp3) is 0.562. The minimum absolute atomic E-state index is 0.598. The summed E-state index contributed by atoms with van der Waals surface area (Å²) in [5.41, 5.74) is 0. The smallest absolute Gasteiger partial charge is 0.193 e. The maximum absolute atomic E-state index is 5.64. The van der Waals surface area contributed by atoms with Gasteiger partial charge in [0.15, 0.2) is 5.96 Å². The summed E-state index contributed by atoms with van der Waals surface area (Å²) in [6.45, 7) is 7.46. The van der Waals surface area contributed by atoms with E-state index in [2.05, 4.69) is 36.1 Å². The molecule has 0 radical (unpaired) electrons. The molecular weight excluding hydrogens is 250 g/mol. The molecule has 20 heavy (non-hydrogen) atoms. The molecule has 0 atom stereocenters. The Balaban J connectivity index is 2.38. The molecule has 1 rings (SSSR count). The van der Waals surface area contributed by atoms with E-state index in [1.165, 1.54) is 12.8 Å². The number of unbranched alkanes of at least 4 members (excludes halogenated alkanes) is 1. The van der Waals surface area contributed by atoms with Gasteiger partial charge in [0, 0.05) is 20.1 Å². The van der Waals surface area contributed by atoms with E-state index >= 15 is 0 Å². The second kappa shape index (κ2) is 10.1. The standard InChI is InChI=1S/C16H27N3O/c1-4-6-13-19(3)16(17-5-2)18-12-14-20-15-10-8-7-9-11-15/h7-11H,4-6,12-14H2,1-3H3,(H,17,18). The molecule has 0 unspecified atom stereocenters. The summed E-state index contributed by atoms with van der Waals surface area (Å²) in [6, 6.07) is 9.85. The van der Waals surface area contributed by atoms with Gasteiger partial charge in [-0.2, -0.15) is 0 Å². The first-order valence-electron chi connectivity index (χ1n) is 7.45. The molecule has 0 saturated heterocycles. The number of ether oxygens (including phenoxy) is 1. The van der Waals surface area contributed by atoms with Gasteiger partial charge in [-0.1, -0.05) is 31.5 Å². The van der Waals surface area contributed by atoms with Crippen molar-refractivity contribution in [2.24, 2.45) is 4.99 Å². The van der Waals surface area contributed by atoms with Gasteiger partial charge in [-0.3, -0.25) is 0 Å². The maximum atomic E-state index is 5.64. The predicted octanol–water partition coefficient (Wildman–Crippen LogP) is 2.76. The molecule has 0 aromatic heterocycles. The molecule has 0 aliphatic rings. The highest BCUT2D eigenvalue weighted by atomic mass is 16.5. The van der Waals surface area contributed by atoms with E-state index < -0.39 is 0 Å². The Bertz CT molecular complexity index is 379. The van der Waals surface area contributed by atoms with Crippen LogP contribution in [0.15, 0.2) is 35.3 Å². The second-order valence-electron chi connectivity index (χ2n) is 4.67. The number of rotatable bonds is 8. The molecule has 0 heterocycles. The van der Waals surface area contributed by atoms with Gasteiger partial charge in [0.1, 0.15) is 12.4 Å². The van der Waals surface area contributed by atoms with Gasteiger partial charge in [-0.05, 0) is 25.5 Å². The Morgan fingerprint density at radius 2 is 2.00 bits per heavy atom. The fourth-order valence-corrected chi connectivity index (χ4v) is 1.80. The molecule has 1 N–H and O–H groups in total. The van der Waals surface area contributed by atoms with E-state index in [0.29, 0.717) is 13.2 Å². The third-order valence-corrected chi connectivity index (χ3v) is 2.91. The molecule has 0 bridgehead atoms.